The highest BCUT2D eigenvalue weighted by molar-refractivity contribution is 5.14. The number of aliphatic hydroxyl groups excluding tert-OH is 2. The van der Waals surface area contributed by atoms with Gasteiger partial charge in [-0.2, -0.15) is 0 Å². The summed E-state index contributed by atoms with van der Waals surface area (Å²) >= 11 is 0. The molecular weight excluding hydrogens is 276 g/mol. The predicted octanol–water partition coefficient (Wildman–Crippen LogP) is -0.0916. The number of unbranched alkanes of at least 4 members (excludes halogenated alkanes) is 1. The first kappa shape index (κ1) is 15.9. The molecule has 1 aliphatic rings. The second-order valence-electron chi connectivity index (χ2n) is 5.38. The quantitative estimate of drug-likeness (QED) is 0.704. The molecule has 0 aliphatic carbocycles. The Morgan fingerprint density at radius 1 is 1.29 bits per heavy atom. The molecule has 0 aromatic carbocycles. The van der Waals surface area contributed by atoms with Crippen LogP contribution in [-0.2, 0) is 11.3 Å². The van der Waals surface area contributed by atoms with E-state index in [2.05, 4.69) is 4.98 Å². The van der Waals surface area contributed by atoms with Crippen molar-refractivity contribution in [2.24, 2.45) is 0 Å². The summed E-state index contributed by atoms with van der Waals surface area (Å²) in [5.74, 6) is 0. The number of nitrogens with zero attached hydrogens (tertiary/aromatic N) is 1. The summed E-state index contributed by atoms with van der Waals surface area (Å²) in [6.45, 7) is 4.32. The molecule has 21 heavy (non-hydrogen) atoms. The first-order chi connectivity index (χ1) is 9.99. The van der Waals surface area contributed by atoms with Crippen LogP contribution in [0.4, 0.5) is 0 Å². The second-order valence-corrected chi connectivity index (χ2v) is 5.38. The van der Waals surface area contributed by atoms with Gasteiger partial charge in [0.1, 0.15) is 18.3 Å². The monoisotopic (exact) mass is 298 g/mol. The van der Waals surface area contributed by atoms with Crippen molar-refractivity contribution in [3.63, 3.8) is 0 Å². The third-order valence-corrected chi connectivity index (χ3v) is 3.86. The number of aromatic nitrogens is 2. The van der Waals surface area contributed by atoms with Gasteiger partial charge in [-0.1, -0.05) is 20.3 Å². The van der Waals surface area contributed by atoms with E-state index in [4.69, 9.17) is 4.74 Å². The molecule has 1 aliphatic heterocycles. The Hall–Kier alpha value is -1.44. The van der Waals surface area contributed by atoms with E-state index in [9.17, 15) is 19.8 Å². The molecule has 1 saturated heterocycles. The third kappa shape index (κ3) is 3.09. The fourth-order valence-electron chi connectivity index (χ4n) is 2.57. The molecule has 1 fully saturated rings. The molecule has 2 heterocycles. The van der Waals surface area contributed by atoms with Crippen molar-refractivity contribution in [3.05, 3.63) is 32.6 Å². The Morgan fingerprint density at radius 2 is 2.00 bits per heavy atom. The smallest absolute Gasteiger partial charge is 0.328 e. The van der Waals surface area contributed by atoms with E-state index in [1.165, 1.54) is 10.8 Å². The maximum absolute atomic E-state index is 12.0. The van der Waals surface area contributed by atoms with Crippen molar-refractivity contribution < 1.29 is 14.9 Å². The lowest BCUT2D eigenvalue weighted by molar-refractivity contribution is 0.00449. The molecule has 1 aromatic rings. The highest BCUT2D eigenvalue weighted by atomic mass is 16.5. The van der Waals surface area contributed by atoms with Gasteiger partial charge in [-0.25, -0.2) is 4.79 Å². The van der Waals surface area contributed by atoms with Gasteiger partial charge in [0.25, 0.3) is 5.56 Å². The molecule has 0 radical (unpaired) electrons. The van der Waals surface area contributed by atoms with E-state index in [1.807, 2.05) is 13.8 Å². The van der Waals surface area contributed by atoms with E-state index in [1.54, 1.807) is 0 Å². The second kappa shape index (κ2) is 6.55. The molecular formula is C14H22N2O5. The lowest BCUT2D eigenvalue weighted by Crippen LogP contribution is -2.35. The first-order valence-electron chi connectivity index (χ1n) is 7.34. The molecule has 0 saturated carbocycles. The maximum atomic E-state index is 12.0. The molecule has 3 N–H and O–H groups in total. The van der Waals surface area contributed by atoms with Crippen molar-refractivity contribution in [1.29, 1.82) is 0 Å². The Balaban J connectivity index is 2.35. The number of hydrogen-bond acceptors (Lipinski definition) is 5. The van der Waals surface area contributed by atoms with Gasteiger partial charge in [0.15, 0.2) is 0 Å². The molecule has 0 amide bonds. The zero-order chi connectivity index (χ0) is 15.6. The van der Waals surface area contributed by atoms with E-state index in [0.29, 0.717) is 13.0 Å². The summed E-state index contributed by atoms with van der Waals surface area (Å²) in [6, 6.07) is 0. The fourth-order valence-corrected chi connectivity index (χ4v) is 2.57. The summed E-state index contributed by atoms with van der Waals surface area (Å²) in [6.07, 6.45) is 0.0448. The molecule has 7 heteroatoms. The summed E-state index contributed by atoms with van der Waals surface area (Å²) in [5.41, 5.74) is -0.883. The molecule has 1 unspecified atom stereocenters. The van der Waals surface area contributed by atoms with Crippen LogP contribution >= 0.6 is 0 Å². The summed E-state index contributed by atoms with van der Waals surface area (Å²) in [5, 5.41) is 19.9. The average molecular weight is 298 g/mol. The van der Waals surface area contributed by atoms with Gasteiger partial charge in [0.05, 0.1) is 11.7 Å². The summed E-state index contributed by atoms with van der Waals surface area (Å²) in [4.78, 5) is 25.9. The minimum atomic E-state index is -1.17. The molecule has 4 atom stereocenters. The van der Waals surface area contributed by atoms with Gasteiger partial charge >= 0.3 is 5.69 Å². The van der Waals surface area contributed by atoms with E-state index in [-0.39, 0.29) is 5.56 Å². The molecule has 0 spiro atoms. The number of ether oxygens (including phenoxy) is 1. The lowest BCUT2D eigenvalue weighted by Gasteiger charge is -2.15. The normalized spacial score (nSPS) is 29.0. The van der Waals surface area contributed by atoms with E-state index >= 15 is 0 Å². The minimum absolute atomic E-state index is 0.174. The zero-order valence-electron chi connectivity index (χ0n) is 12.3. The zero-order valence-corrected chi connectivity index (χ0v) is 12.3. The van der Waals surface area contributed by atoms with Gasteiger partial charge in [-0.05, 0) is 12.8 Å². The Bertz CT molecular complexity index is 594. The largest absolute Gasteiger partial charge is 0.388 e. The van der Waals surface area contributed by atoms with Crippen LogP contribution in [0.1, 0.15) is 44.8 Å². The average Bonchev–Trinajstić information content (AvgIpc) is 2.74. The van der Waals surface area contributed by atoms with Crippen molar-refractivity contribution >= 4 is 0 Å². The van der Waals surface area contributed by atoms with Crippen LogP contribution in [0.5, 0.6) is 0 Å². The van der Waals surface area contributed by atoms with Crippen LogP contribution < -0.4 is 11.2 Å². The van der Waals surface area contributed by atoms with Crippen molar-refractivity contribution in [1.82, 2.24) is 9.55 Å². The number of aryl methyl sites for hydroxylation is 1. The molecule has 2 rings (SSSR count). The van der Waals surface area contributed by atoms with Crippen LogP contribution in [0, 0.1) is 0 Å². The van der Waals surface area contributed by atoms with Crippen molar-refractivity contribution in [3.8, 4) is 0 Å². The highest BCUT2D eigenvalue weighted by Crippen LogP contribution is 2.32. The standard InChI is InChI=1S/C14H22N2O5/c1-3-5-6-16-7-8(13(19)15-14(16)20)12-11(18)10(17)9(4-2)21-12/h7,9-12,17-18H,3-6H2,1-2H3,(H,15,19,20)/t9-,10+,11?,12+/m1/s1. The first-order valence-corrected chi connectivity index (χ1v) is 7.34. The van der Waals surface area contributed by atoms with Gasteiger partial charge in [-0.15, -0.1) is 0 Å². The molecule has 1 aromatic heterocycles. The van der Waals surface area contributed by atoms with Crippen LogP contribution in [0.25, 0.3) is 0 Å². The van der Waals surface area contributed by atoms with Crippen LogP contribution in [0.15, 0.2) is 15.8 Å². The molecule has 118 valence electrons. The summed E-state index contributed by atoms with van der Waals surface area (Å²) < 4.78 is 6.97. The number of rotatable bonds is 5. The highest BCUT2D eigenvalue weighted by Gasteiger charge is 2.43. The Kier molecular flexibility index (Phi) is 4.97. The number of hydrogen-bond donors (Lipinski definition) is 3. The van der Waals surface area contributed by atoms with Crippen LogP contribution in [-0.4, -0.2) is 38.1 Å². The van der Waals surface area contributed by atoms with E-state index < -0.39 is 35.7 Å². The van der Waals surface area contributed by atoms with Crippen LogP contribution in [0.2, 0.25) is 0 Å². The van der Waals surface area contributed by atoms with E-state index in [0.717, 1.165) is 12.8 Å². The van der Waals surface area contributed by atoms with Crippen molar-refractivity contribution in [2.75, 3.05) is 0 Å². The number of aliphatic hydroxyl groups is 2. The SMILES string of the molecule is CCCCn1cc([C@@H]2O[C@H](CC)[C@H](O)C2O)c(=O)[nH]c1=O. The number of nitrogens with one attached hydrogen (secondary N) is 1. The summed E-state index contributed by atoms with van der Waals surface area (Å²) in [7, 11) is 0. The van der Waals surface area contributed by atoms with Crippen LogP contribution in [0.3, 0.4) is 0 Å². The minimum Gasteiger partial charge on any atom is -0.388 e. The Labute approximate surface area is 122 Å². The van der Waals surface area contributed by atoms with Gasteiger partial charge < -0.3 is 19.5 Å². The third-order valence-electron chi connectivity index (χ3n) is 3.86. The number of H-pyrrole nitrogens is 1. The fraction of sp³-hybridized carbons (Fsp3) is 0.714. The van der Waals surface area contributed by atoms with Crippen molar-refractivity contribution in [2.45, 2.75) is 64.1 Å². The maximum Gasteiger partial charge on any atom is 0.328 e. The Morgan fingerprint density at radius 3 is 2.57 bits per heavy atom. The lowest BCUT2D eigenvalue weighted by atomic mass is 10.0. The molecule has 0 bridgehead atoms. The van der Waals surface area contributed by atoms with Gasteiger partial charge in [-0.3, -0.25) is 9.78 Å². The predicted molar refractivity (Wildman–Crippen MR) is 76.1 cm³/mol. The molecule has 7 nitrogen and oxygen atoms in total. The van der Waals surface area contributed by atoms with Gasteiger partial charge in [0, 0.05) is 12.7 Å². The number of aromatic amines is 1. The van der Waals surface area contributed by atoms with Gasteiger partial charge in [0.2, 0.25) is 0 Å². The topological polar surface area (TPSA) is 105 Å².